The van der Waals surface area contributed by atoms with Crippen LogP contribution in [-0.4, -0.2) is 41.1 Å². The highest BCUT2D eigenvalue weighted by Gasteiger charge is 2.36. The highest BCUT2D eigenvalue weighted by molar-refractivity contribution is 7.86. The van der Waals surface area contributed by atoms with Crippen molar-refractivity contribution in [2.24, 2.45) is 10.9 Å². The predicted molar refractivity (Wildman–Crippen MR) is 164 cm³/mol. The van der Waals surface area contributed by atoms with Gasteiger partial charge >= 0.3 is 0 Å². The minimum Gasteiger partial charge on any atom is -0.382 e. The molecule has 212 valence electrons. The maximum absolute atomic E-state index is 12.6. The van der Waals surface area contributed by atoms with Crippen molar-refractivity contribution in [2.45, 2.75) is 43.0 Å². The van der Waals surface area contributed by atoms with E-state index in [2.05, 4.69) is 41.4 Å². The van der Waals surface area contributed by atoms with E-state index in [1.54, 1.807) is 30.5 Å². The van der Waals surface area contributed by atoms with Crippen molar-refractivity contribution >= 4 is 32.7 Å². The Balaban J connectivity index is 1.10. The normalized spacial score (nSPS) is 21.7. The maximum Gasteiger partial charge on any atom is 0.296 e. The van der Waals surface area contributed by atoms with Gasteiger partial charge in [0.2, 0.25) is 0 Å². The molecule has 3 heterocycles. The van der Waals surface area contributed by atoms with Gasteiger partial charge in [-0.2, -0.15) is 8.42 Å². The fraction of sp³-hybridized carbons (Fsp3) is 0.242. The zero-order chi connectivity index (χ0) is 28.8. The Labute approximate surface area is 245 Å². The van der Waals surface area contributed by atoms with Gasteiger partial charge in [-0.1, -0.05) is 66.3 Å². The van der Waals surface area contributed by atoms with Crippen LogP contribution in [0.4, 0.5) is 5.82 Å². The second-order valence-corrected chi connectivity index (χ2v) is 12.8. The number of rotatable bonds is 7. The van der Waals surface area contributed by atoms with Crippen molar-refractivity contribution in [3.63, 3.8) is 0 Å². The number of dihydropyridines is 1. The van der Waals surface area contributed by atoms with Crippen LogP contribution in [0.25, 0.3) is 11.1 Å². The average molecular weight is 578 g/mol. The number of hydrogen-bond donors (Lipinski definition) is 1. The fourth-order valence-electron chi connectivity index (χ4n) is 5.97. The quantitative estimate of drug-likeness (QED) is 0.284. The third-order valence-corrected chi connectivity index (χ3v) is 9.65. The van der Waals surface area contributed by atoms with E-state index in [0.29, 0.717) is 12.2 Å². The van der Waals surface area contributed by atoms with Gasteiger partial charge in [0, 0.05) is 24.7 Å². The average Bonchev–Trinajstić information content (AvgIpc) is 3.37. The lowest BCUT2D eigenvalue weighted by Crippen LogP contribution is -2.28. The number of imidazole rings is 1. The fourth-order valence-corrected chi connectivity index (χ4v) is 6.95. The maximum atomic E-state index is 12.6. The molecule has 1 saturated carbocycles. The molecule has 0 spiro atoms. The van der Waals surface area contributed by atoms with Gasteiger partial charge in [0.25, 0.3) is 10.1 Å². The van der Waals surface area contributed by atoms with E-state index in [0.717, 1.165) is 52.3 Å². The molecule has 4 aromatic rings. The van der Waals surface area contributed by atoms with Crippen LogP contribution >= 0.6 is 0 Å². The molecule has 3 aliphatic rings. The van der Waals surface area contributed by atoms with E-state index in [-0.39, 0.29) is 29.4 Å². The number of aromatic nitrogens is 3. The number of nitrogen functional groups attached to an aromatic ring is 1. The lowest BCUT2D eigenvalue weighted by molar-refractivity contribution is 0.158. The van der Waals surface area contributed by atoms with Gasteiger partial charge in [-0.25, -0.2) is 9.97 Å². The first kappa shape index (κ1) is 26.6. The smallest absolute Gasteiger partial charge is 0.296 e. The van der Waals surface area contributed by atoms with Crippen molar-refractivity contribution in [3.05, 3.63) is 120 Å². The van der Waals surface area contributed by atoms with Crippen LogP contribution in [0.2, 0.25) is 0 Å². The number of aliphatic imine (C=N–C) groups is 1. The molecule has 8 nitrogen and oxygen atoms in total. The molecule has 0 saturated heterocycles. The summed E-state index contributed by atoms with van der Waals surface area (Å²) in [7, 11) is -3.79. The third-order valence-electron chi connectivity index (χ3n) is 8.36. The van der Waals surface area contributed by atoms with Gasteiger partial charge in [0.15, 0.2) is 0 Å². The highest BCUT2D eigenvalue weighted by Crippen LogP contribution is 2.44. The molecule has 0 radical (unpaired) electrons. The number of fused-ring (bicyclic) bond motifs is 2. The van der Waals surface area contributed by atoms with Gasteiger partial charge in [-0.15, -0.1) is 0 Å². The molecule has 1 unspecified atom stereocenters. The number of benzene rings is 2. The number of nitrogens with two attached hydrogens (primary N) is 1. The van der Waals surface area contributed by atoms with Gasteiger partial charge < -0.3 is 5.73 Å². The van der Waals surface area contributed by atoms with Crippen molar-refractivity contribution in [1.82, 2.24) is 14.4 Å². The first-order valence-corrected chi connectivity index (χ1v) is 15.6. The molecular weight excluding hydrogens is 546 g/mol. The summed E-state index contributed by atoms with van der Waals surface area (Å²) < 4.78 is 32.8. The highest BCUT2D eigenvalue weighted by atomic mass is 32.2. The topological polar surface area (TPSA) is 112 Å². The predicted octanol–water partition coefficient (Wildman–Crippen LogP) is 5.66. The van der Waals surface area contributed by atoms with Gasteiger partial charge in [0.1, 0.15) is 17.2 Å². The SMILES string of the molecule is Cc1ccc(S(=O)(=O)OCC2CC(c3nc(C4=CC=C5C=CC(c6ccccc6)=NC5C4)c4c(N)nccn34)C2)cc1. The zero-order valence-electron chi connectivity index (χ0n) is 23.2. The first-order valence-electron chi connectivity index (χ1n) is 14.2. The Morgan fingerprint density at radius 1 is 1.02 bits per heavy atom. The van der Waals surface area contributed by atoms with Crippen LogP contribution in [0.5, 0.6) is 0 Å². The lowest BCUT2D eigenvalue weighted by atomic mass is 9.75. The van der Waals surface area contributed by atoms with Crippen LogP contribution < -0.4 is 5.73 Å². The summed E-state index contributed by atoms with van der Waals surface area (Å²) in [4.78, 5) is 14.8. The molecular formula is C33H31N5O3S. The summed E-state index contributed by atoms with van der Waals surface area (Å²) in [6.45, 7) is 2.07. The van der Waals surface area contributed by atoms with Crippen LogP contribution in [-0.2, 0) is 14.3 Å². The molecule has 42 heavy (non-hydrogen) atoms. The Hall–Kier alpha value is -4.34. The van der Waals surface area contributed by atoms with Crippen molar-refractivity contribution in [1.29, 1.82) is 0 Å². The molecule has 9 heteroatoms. The molecule has 7 rings (SSSR count). The summed E-state index contributed by atoms with van der Waals surface area (Å²) in [6, 6.07) is 16.9. The molecule has 2 aromatic heterocycles. The summed E-state index contributed by atoms with van der Waals surface area (Å²) in [6.07, 6.45) is 14.3. The number of nitrogens with zero attached hydrogens (tertiary/aromatic N) is 4. The summed E-state index contributed by atoms with van der Waals surface area (Å²) in [5.41, 5.74) is 13.4. The summed E-state index contributed by atoms with van der Waals surface area (Å²) in [5, 5.41) is 0. The zero-order valence-corrected chi connectivity index (χ0v) is 24.0. The van der Waals surface area contributed by atoms with E-state index >= 15 is 0 Å². The number of allylic oxidation sites excluding steroid dienone is 3. The van der Waals surface area contributed by atoms with Gasteiger partial charge in [0.05, 0.1) is 28.9 Å². The van der Waals surface area contributed by atoms with E-state index in [9.17, 15) is 8.42 Å². The first-order chi connectivity index (χ1) is 20.4. The number of aryl methyl sites for hydroxylation is 1. The van der Waals surface area contributed by atoms with Crippen LogP contribution in [0.1, 0.15) is 47.8 Å². The molecule has 1 aliphatic heterocycles. The molecule has 0 bridgehead atoms. The molecule has 2 aromatic carbocycles. The van der Waals surface area contributed by atoms with Crippen molar-refractivity contribution in [2.75, 3.05) is 12.3 Å². The molecule has 2 N–H and O–H groups in total. The number of hydrogen-bond acceptors (Lipinski definition) is 7. The minimum absolute atomic E-state index is 0.00372. The second kappa shape index (κ2) is 10.5. The Morgan fingerprint density at radius 2 is 1.81 bits per heavy atom. The number of anilines is 1. The third kappa shape index (κ3) is 4.88. The van der Waals surface area contributed by atoms with Crippen LogP contribution in [0, 0.1) is 12.8 Å². The molecule has 1 atom stereocenters. The Kier molecular flexibility index (Phi) is 6.63. The van der Waals surface area contributed by atoms with Crippen molar-refractivity contribution in [3.8, 4) is 0 Å². The lowest BCUT2D eigenvalue weighted by Gasteiger charge is -2.34. The molecule has 2 aliphatic carbocycles. The van der Waals surface area contributed by atoms with Crippen LogP contribution in [0.3, 0.4) is 0 Å². The monoisotopic (exact) mass is 577 g/mol. The van der Waals surface area contributed by atoms with E-state index < -0.39 is 10.1 Å². The van der Waals surface area contributed by atoms with Crippen LogP contribution in [0.15, 0.2) is 107 Å². The van der Waals surface area contributed by atoms with E-state index in [1.165, 1.54) is 5.57 Å². The second-order valence-electron chi connectivity index (χ2n) is 11.2. The molecule has 0 amide bonds. The minimum atomic E-state index is -3.79. The standard InChI is InChI=1S/C33H31N5O3S/c1-21-7-12-27(13-8-21)42(39,40)41-20-22-17-26(18-22)33-37-30(31-32(34)35-15-16-38(31)33)25-10-9-24-11-14-28(36-29(24)19-25)23-5-3-2-4-6-23/h2-16,22,26,29H,17-20H2,1H3,(H2,34,35). The largest absolute Gasteiger partial charge is 0.382 e. The van der Waals surface area contributed by atoms with E-state index in [4.69, 9.17) is 19.9 Å². The van der Waals surface area contributed by atoms with Gasteiger partial charge in [-0.05, 0) is 60.6 Å². The molecule has 1 fully saturated rings. The Morgan fingerprint density at radius 3 is 2.60 bits per heavy atom. The Bertz CT molecular complexity index is 1900. The van der Waals surface area contributed by atoms with E-state index in [1.807, 2.05) is 35.7 Å². The van der Waals surface area contributed by atoms with Crippen molar-refractivity contribution < 1.29 is 12.6 Å². The summed E-state index contributed by atoms with van der Waals surface area (Å²) >= 11 is 0. The van der Waals surface area contributed by atoms with Gasteiger partial charge in [-0.3, -0.25) is 13.6 Å². The summed E-state index contributed by atoms with van der Waals surface area (Å²) in [5.74, 6) is 1.64.